The molecule has 1 amide bonds. The third-order valence-corrected chi connectivity index (χ3v) is 4.28. The molecule has 0 radical (unpaired) electrons. The van der Waals surface area contributed by atoms with Crippen molar-refractivity contribution < 1.29 is 32.2 Å². The van der Waals surface area contributed by atoms with E-state index in [0.29, 0.717) is 33.7 Å². The Kier molecular flexibility index (Phi) is 7.17. The van der Waals surface area contributed by atoms with E-state index in [2.05, 4.69) is 20.7 Å². The van der Waals surface area contributed by atoms with Crippen LogP contribution in [-0.4, -0.2) is 37.9 Å². The van der Waals surface area contributed by atoms with Crippen molar-refractivity contribution in [2.45, 2.75) is 19.8 Å². The van der Waals surface area contributed by atoms with Gasteiger partial charge in [0.2, 0.25) is 0 Å². The zero-order valence-corrected chi connectivity index (χ0v) is 17.1. The molecule has 0 saturated carbocycles. The van der Waals surface area contributed by atoms with Gasteiger partial charge < -0.3 is 19.1 Å². The van der Waals surface area contributed by atoms with Crippen LogP contribution in [0.25, 0.3) is 0 Å². The van der Waals surface area contributed by atoms with Crippen molar-refractivity contribution in [3.05, 3.63) is 52.0 Å². The van der Waals surface area contributed by atoms with Gasteiger partial charge in [-0.3, -0.25) is 4.79 Å². The highest BCUT2D eigenvalue weighted by Gasteiger charge is 2.31. The summed E-state index contributed by atoms with van der Waals surface area (Å²) in [6.45, 7) is 2.48. The van der Waals surface area contributed by atoms with Gasteiger partial charge in [0.1, 0.15) is 5.75 Å². The Labute approximate surface area is 169 Å². The fourth-order valence-corrected chi connectivity index (χ4v) is 3.05. The van der Waals surface area contributed by atoms with E-state index < -0.39 is 6.36 Å². The second-order valence-electron chi connectivity index (χ2n) is 5.78. The second kappa shape index (κ2) is 9.18. The van der Waals surface area contributed by atoms with Crippen molar-refractivity contribution in [1.29, 1.82) is 0 Å². The Balaban J connectivity index is 2.13. The Hall–Kier alpha value is -2.42. The molecule has 0 spiro atoms. The quantitative estimate of drug-likeness (QED) is 0.580. The maximum Gasteiger partial charge on any atom is 0.573 e. The molecule has 0 aliphatic carbocycles. The van der Waals surface area contributed by atoms with E-state index in [1.807, 2.05) is 6.92 Å². The fraction of sp³-hybridized carbons (Fsp3) is 0.316. The van der Waals surface area contributed by atoms with Crippen molar-refractivity contribution >= 4 is 21.8 Å². The standard InChI is InChI=1S/C19H19BrF3NO4/c1-4-27-17-15(20)9-13(10-16(17)26-3)18(25)24(2)11-12-5-7-14(8-6-12)28-19(21,22)23/h5-10H,4,11H2,1-3H3. The van der Waals surface area contributed by atoms with E-state index in [0.717, 1.165) is 0 Å². The number of amides is 1. The van der Waals surface area contributed by atoms with E-state index in [1.165, 1.54) is 36.3 Å². The lowest BCUT2D eigenvalue weighted by atomic mass is 10.1. The van der Waals surface area contributed by atoms with Crippen LogP contribution < -0.4 is 14.2 Å². The van der Waals surface area contributed by atoms with Gasteiger partial charge in [0.15, 0.2) is 11.5 Å². The Bertz CT molecular complexity index is 825. The van der Waals surface area contributed by atoms with Crippen molar-refractivity contribution in [3.63, 3.8) is 0 Å². The Morgan fingerprint density at radius 2 is 1.82 bits per heavy atom. The summed E-state index contributed by atoms with van der Waals surface area (Å²) < 4.78 is 51.9. The zero-order chi connectivity index (χ0) is 20.9. The average molecular weight is 462 g/mol. The molecular formula is C19H19BrF3NO4. The monoisotopic (exact) mass is 461 g/mol. The van der Waals surface area contributed by atoms with Gasteiger partial charge >= 0.3 is 6.36 Å². The molecule has 0 aliphatic rings. The lowest BCUT2D eigenvalue weighted by Gasteiger charge is -2.19. The van der Waals surface area contributed by atoms with Crippen LogP contribution in [0.15, 0.2) is 40.9 Å². The molecule has 2 aromatic carbocycles. The fourth-order valence-electron chi connectivity index (χ4n) is 2.49. The minimum absolute atomic E-state index is 0.207. The maximum absolute atomic E-state index is 12.7. The van der Waals surface area contributed by atoms with E-state index in [4.69, 9.17) is 9.47 Å². The zero-order valence-electron chi connectivity index (χ0n) is 15.5. The Morgan fingerprint density at radius 3 is 2.36 bits per heavy atom. The lowest BCUT2D eigenvalue weighted by molar-refractivity contribution is -0.274. The first kappa shape index (κ1) is 21.9. The summed E-state index contributed by atoms with van der Waals surface area (Å²) in [6.07, 6.45) is -4.74. The number of methoxy groups -OCH3 is 1. The second-order valence-corrected chi connectivity index (χ2v) is 6.63. The average Bonchev–Trinajstić information content (AvgIpc) is 2.63. The largest absolute Gasteiger partial charge is 0.573 e. The number of ether oxygens (including phenoxy) is 3. The van der Waals surface area contributed by atoms with Crippen LogP contribution in [0.2, 0.25) is 0 Å². The molecule has 9 heteroatoms. The van der Waals surface area contributed by atoms with Gasteiger partial charge in [-0.25, -0.2) is 0 Å². The van der Waals surface area contributed by atoms with E-state index in [-0.39, 0.29) is 18.2 Å². The summed E-state index contributed by atoms with van der Waals surface area (Å²) in [4.78, 5) is 14.2. The molecule has 5 nitrogen and oxygen atoms in total. The van der Waals surface area contributed by atoms with E-state index in [1.54, 1.807) is 19.2 Å². The number of nitrogens with zero attached hydrogens (tertiary/aromatic N) is 1. The van der Waals surface area contributed by atoms with Crippen LogP contribution in [0, 0.1) is 0 Å². The third kappa shape index (κ3) is 5.79. The number of halogens is 4. The molecule has 0 unspecified atom stereocenters. The molecule has 0 aliphatic heterocycles. The predicted molar refractivity (Wildman–Crippen MR) is 101 cm³/mol. The number of rotatable bonds is 7. The van der Waals surface area contributed by atoms with Crippen LogP contribution >= 0.6 is 15.9 Å². The predicted octanol–water partition coefficient (Wildman–Crippen LogP) is 5.03. The highest BCUT2D eigenvalue weighted by molar-refractivity contribution is 9.10. The first-order chi connectivity index (χ1) is 13.1. The first-order valence-corrected chi connectivity index (χ1v) is 9.04. The van der Waals surface area contributed by atoms with Crippen molar-refractivity contribution in [2.24, 2.45) is 0 Å². The molecule has 0 atom stereocenters. The molecule has 0 saturated heterocycles. The van der Waals surface area contributed by atoms with Crippen LogP contribution in [0.4, 0.5) is 13.2 Å². The molecule has 0 heterocycles. The Morgan fingerprint density at radius 1 is 1.18 bits per heavy atom. The maximum atomic E-state index is 12.7. The van der Waals surface area contributed by atoms with Gasteiger partial charge in [-0.2, -0.15) is 0 Å². The number of hydrogen-bond donors (Lipinski definition) is 0. The first-order valence-electron chi connectivity index (χ1n) is 8.25. The van der Waals surface area contributed by atoms with E-state index >= 15 is 0 Å². The van der Waals surface area contributed by atoms with Crippen molar-refractivity contribution in [3.8, 4) is 17.2 Å². The highest BCUT2D eigenvalue weighted by atomic mass is 79.9. The summed E-state index contributed by atoms with van der Waals surface area (Å²) in [5, 5.41) is 0. The molecule has 152 valence electrons. The minimum Gasteiger partial charge on any atom is -0.493 e. The summed E-state index contributed by atoms with van der Waals surface area (Å²) in [5.41, 5.74) is 1.04. The van der Waals surface area contributed by atoms with Gasteiger partial charge in [-0.15, -0.1) is 13.2 Å². The molecule has 0 bridgehead atoms. The molecule has 2 rings (SSSR count). The smallest absolute Gasteiger partial charge is 0.493 e. The van der Waals surface area contributed by atoms with Gasteiger partial charge in [-0.1, -0.05) is 12.1 Å². The normalized spacial score (nSPS) is 11.1. The van der Waals surface area contributed by atoms with Crippen LogP contribution in [0.5, 0.6) is 17.2 Å². The molecule has 0 aromatic heterocycles. The third-order valence-electron chi connectivity index (χ3n) is 3.69. The summed E-state index contributed by atoms with van der Waals surface area (Å²) >= 11 is 3.37. The summed E-state index contributed by atoms with van der Waals surface area (Å²) in [5.74, 6) is 0.328. The molecule has 0 N–H and O–H groups in total. The van der Waals surface area contributed by atoms with Crippen molar-refractivity contribution in [2.75, 3.05) is 20.8 Å². The molecule has 28 heavy (non-hydrogen) atoms. The number of hydrogen-bond acceptors (Lipinski definition) is 4. The number of carbonyl (C=O) groups excluding carboxylic acids is 1. The van der Waals surface area contributed by atoms with Gasteiger partial charge in [0.05, 0.1) is 18.2 Å². The highest BCUT2D eigenvalue weighted by Crippen LogP contribution is 2.37. The van der Waals surface area contributed by atoms with Gasteiger partial charge in [-0.05, 0) is 52.7 Å². The van der Waals surface area contributed by atoms with E-state index in [9.17, 15) is 18.0 Å². The van der Waals surface area contributed by atoms with Gasteiger partial charge in [0, 0.05) is 19.2 Å². The van der Waals surface area contributed by atoms with Crippen LogP contribution in [-0.2, 0) is 6.54 Å². The summed E-state index contributed by atoms with van der Waals surface area (Å²) in [7, 11) is 3.08. The topological polar surface area (TPSA) is 48.0 Å². The molecular weight excluding hydrogens is 443 g/mol. The lowest BCUT2D eigenvalue weighted by Crippen LogP contribution is -2.26. The molecule has 2 aromatic rings. The molecule has 0 fully saturated rings. The summed E-state index contributed by atoms with van der Waals surface area (Å²) in [6, 6.07) is 8.57. The van der Waals surface area contributed by atoms with Crippen LogP contribution in [0.3, 0.4) is 0 Å². The number of alkyl halides is 3. The van der Waals surface area contributed by atoms with Crippen LogP contribution in [0.1, 0.15) is 22.8 Å². The van der Waals surface area contributed by atoms with Gasteiger partial charge in [0.25, 0.3) is 5.91 Å². The SMILES string of the molecule is CCOc1c(Br)cc(C(=O)N(C)Cc2ccc(OC(F)(F)F)cc2)cc1OC. The number of carbonyl (C=O) groups is 1. The minimum atomic E-state index is -4.74. The van der Waals surface area contributed by atoms with Crippen molar-refractivity contribution in [1.82, 2.24) is 4.90 Å². The number of benzene rings is 2.